The van der Waals surface area contributed by atoms with Crippen LogP contribution in [0.15, 0.2) is 53.6 Å². The SMILES string of the molecule is O=C(O)N1Cc2ccc(CCn3ncc(OCc4ccc(Cl)cn4)cc3=O)cc2C1. The second-order valence-electron chi connectivity index (χ2n) is 7.00. The van der Waals surface area contributed by atoms with Crippen LogP contribution in [0.5, 0.6) is 5.75 Å². The summed E-state index contributed by atoms with van der Waals surface area (Å²) in [6.45, 7) is 1.44. The number of fused-ring (bicyclic) bond motifs is 1. The molecule has 0 radical (unpaired) electrons. The van der Waals surface area contributed by atoms with Gasteiger partial charge >= 0.3 is 6.09 Å². The predicted octanol–water partition coefficient (Wildman–Crippen LogP) is 3.11. The summed E-state index contributed by atoms with van der Waals surface area (Å²) in [5.74, 6) is 0.374. The number of aryl methyl sites for hydroxylation is 2. The van der Waals surface area contributed by atoms with Crippen molar-refractivity contribution < 1.29 is 14.6 Å². The Hall–Kier alpha value is -3.39. The van der Waals surface area contributed by atoms with E-state index in [0.717, 1.165) is 16.7 Å². The maximum atomic E-state index is 12.3. The quantitative estimate of drug-likeness (QED) is 0.650. The van der Waals surface area contributed by atoms with Gasteiger partial charge in [-0.2, -0.15) is 5.10 Å². The number of carboxylic acid groups (broad SMARTS) is 1. The molecule has 0 fully saturated rings. The highest BCUT2D eigenvalue weighted by atomic mass is 35.5. The van der Waals surface area contributed by atoms with Crippen molar-refractivity contribution in [2.45, 2.75) is 32.7 Å². The smallest absolute Gasteiger partial charge is 0.407 e. The topological polar surface area (TPSA) is 97.6 Å². The van der Waals surface area contributed by atoms with Crippen molar-refractivity contribution in [3.05, 3.63) is 86.6 Å². The van der Waals surface area contributed by atoms with Crippen molar-refractivity contribution >= 4 is 17.7 Å². The van der Waals surface area contributed by atoms with E-state index in [4.69, 9.17) is 21.4 Å². The predicted molar refractivity (Wildman–Crippen MR) is 109 cm³/mol. The highest BCUT2D eigenvalue weighted by Gasteiger charge is 2.22. The zero-order valence-electron chi connectivity index (χ0n) is 16.0. The van der Waals surface area contributed by atoms with E-state index in [1.807, 2.05) is 18.2 Å². The van der Waals surface area contributed by atoms with Gasteiger partial charge in [0.2, 0.25) is 0 Å². The maximum Gasteiger partial charge on any atom is 0.407 e. The molecule has 30 heavy (non-hydrogen) atoms. The largest absolute Gasteiger partial charge is 0.485 e. The Labute approximate surface area is 177 Å². The Bertz CT molecular complexity index is 1130. The molecule has 0 unspecified atom stereocenters. The molecular weight excluding hydrogens is 408 g/mol. The van der Waals surface area contributed by atoms with Gasteiger partial charge in [0, 0.05) is 31.9 Å². The monoisotopic (exact) mass is 426 g/mol. The zero-order chi connectivity index (χ0) is 21.1. The number of carbonyl (C=O) groups is 1. The minimum atomic E-state index is -0.919. The lowest BCUT2D eigenvalue weighted by molar-refractivity contribution is 0.145. The van der Waals surface area contributed by atoms with Crippen LogP contribution in [0.1, 0.15) is 22.4 Å². The highest BCUT2D eigenvalue weighted by molar-refractivity contribution is 6.30. The summed E-state index contributed by atoms with van der Waals surface area (Å²) in [5, 5.41) is 13.9. The minimum Gasteiger partial charge on any atom is -0.485 e. The molecule has 1 N–H and O–H groups in total. The Morgan fingerprint density at radius 1 is 1.13 bits per heavy atom. The van der Waals surface area contributed by atoms with E-state index >= 15 is 0 Å². The van der Waals surface area contributed by atoms with Gasteiger partial charge < -0.3 is 9.84 Å². The van der Waals surface area contributed by atoms with E-state index in [1.54, 1.807) is 12.1 Å². The number of hydrogen-bond acceptors (Lipinski definition) is 5. The van der Waals surface area contributed by atoms with Crippen molar-refractivity contribution in [3.63, 3.8) is 0 Å². The van der Waals surface area contributed by atoms with Crippen molar-refractivity contribution in [1.82, 2.24) is 19.7 Å². The average molecular weight is 427 g/mol. The average Bonchev–Trinajstić information content (AvgIpc) is 3.16. The van der Waals surface area contributed by atoms with E-state index in [2.05, 4.69) is 10.1 Å². The molecule has 1 aromatic carbocycles. The van der Waals surface area contributed by atoms with Gasteiger partial charge in [-0.25, -0.2) is 9.48 Å². The first-order valence-corrected chi connectivity index (χ1v) is 9.75. The third-order valence-electron chi connectivity index (χ3n) is 4.90. The fraction of sp³-hybridized carbons (Fsp3) is 0.238. The van der Waals surface area contributed by atoms with E-state index in [-0.39, 0.29) is 12.2 Å². The molecule has 0 atom stereocenters. The van der Waals surface area contributed by atoms with Crippen LogP contribution in [0.25, 0.3) is 0 Å². The number of nitrogens with zero attached hydrogens (tertiary/aromatic N) is 4. The molecule has 1 amide bonds. The molecule has 1 aliphatic rings. The molecule has 0 saturated carbocycles. The Balaban J connectivity index is 1.35. The molecule has 0 spiro atoms. The summed E-state index contributed by atoms with van der Waals surface area (Å²) in [6, 6.07) is 10.8. The van der Waals surface area contributed by atoms with Gasteiger partial charge in [-0.1, -0.05) is 29.8 Å². The Morgan fingerprint density at radius 2 is 1.97 bits per heavy atom. The number of pyridine rings is 1. The van der Waals surface area contributed by atoms with Gasteiger partial charge in [-0.05, 0) is 35.2 Å². The van der Waals surface area contributed by atoms with Crippen LogP contribution in [-0.2, 0) is 32.7 Å². The molecule has 9 heteroatoms. The number of ether oxygens (including phenoxy) is 1. The lowest BCUT2D eigenvalue weighted by Gasteiger charge is -2.09. The second kappa shape index (κ2) is 8.54. The minimum absolute atomic E-state index is 0.213. The summed E-state index contributed by atoms with van der Waals surface area (Å²) < 4.78 is 6.96. The number of benzene rings is 1. The standard InChI is InChI=1S/C21H19ClN4O4/c22-17-3-4-18(23-9-17)13-30-19-8-20(27)26(24-10-19)6-5-14-1-2-15-11-25(21(28)29)12-16(15)7-14/h1-4,7-10H,5-6,11-13H2,(H,28,29). The lowest BCUT2D eigenvalue weighted by atomic mass is 10.0. The summed E-state index contributed by atoms with van der Waals surface area (Å²) in [7, 11) is 0. The zero-order valence-corrected chi connectivity index (χ0v) is 16.7. The molecule has 2 aromatic heterocycles. The van der Waals surface area contributed by atoms with Gasteiger partial charge in [-0.15, -0.1) is 0 Å². The summed E-state index contributed by atoms with van der Waals surface area (Å²) in [5.41, 5.74) is 3.50. The lowest BCUT2D eigenvalue weighted by Crippen LogP contribution is -2.23. The summed E-state index contributed by atoms with van der Waals surface area (Å²) >= 11 is 5.80. The Kier molecular flexibility index (Phi) is 5.67. The molecule has 1 aliphatic heterocycles. The first-order valence-electron chi connectivity index (χ1n) is 9.37. The van der Waals surface area contributed by atoms with E-state index < -0.39 is 6.09 Å². The van der Waals surface area contributed by atoms with Crippen LogP contribution in [-0.4, -0.2) is 30.9 Å². The van der Waals surface area contributed by atoms with Gasteiger partial charge in [-0.3, -0.25) is 14.7 Å². The molecule has 3 aromatic rings. The second-order valence-corrected chi connectivity index (χ2v) is 7.44. The number of amides is 1. The fourth-order valence-corrected chi connectivity index (χ4v) is 3.40. The highest BCUT2D eigenvalue weighted by Crippen LogP contribution is 2.24. The summed E-state index contributed by atoms with van der Waals surface area (Å²) in [6.07, 6.45) is 2.74. The molecule has 0 aliphatic carbocycles. The van der Waals surface area contributed by atoms with Gasteiger partial charge in [0.1, 0.15) is 12.4 Å². The summed E-state index contributed by atoms with van der Waals surface area (Å²) in [4.78, 5) is 29.0. The molecule has 0 bridgehead atoms. The molecule has 0 saturated heterocycles. The van der Waals surface area contributed by atoms with E-state index in [9.17, 15) is 9.59 Å². The molecule has 4 rings (SSSR count). The Morgan fingerprint density at radius 3 is 2.70 bits per heavy atom. The molecule has 8 nitrogen and oxygen atoms in total. The number of halogens is 1. The van der Waals surface area contributed by atoms with Crippen LogP contribution in [0, 0.1) is 0 Å². The normalized spacial score (nSPS) is 12.6. The van der Waals surface area contributed by atoms with E-state index in [1.165, 1.54) is 28.0 Å². The van der Waals surface area contributed by atoms with Crippen LogP contribution >= 0.6 is 11.6 Å². The third-order valence-corrected chi connectivity index (χ3v) is 5.12. The van der Waals surface area contributed by atoms with Gasteiger partial charge in [0.15, 0.2) is 0 Å². The van der Waals surface area contributed by atoms with Crippen molar-refractivity contribution in [1.29, 1.82) is 0 Å². The van der Waals surface area contributed by atoms with Crippen molar-refractivity contribution in [2.24, 2.45) is 0 Å². The maximum absolute atomic E-state index is 12.3. The van der Waals surface area contributed by atoms with Crippen LogP contribution in [0.4, 0.5) is 4.79 Å². The molecular formula is C21H19ClN4O4. The number of aromatic nitrogens is 3. The molecule has 154 valence electrons. The molecule has 3 heterocycles. The van der Waals surface area contributed by atoms with Crippen molar-refractivity contribution in [3.8, 4) is 5.75 Å². The van der Waals surface area contributed by atoms with Crippen LogP contribution in [0.3, 0.4) is 0 Å². The number of hydrogen-bond donors (Lipinski definition) is 1. The van der Waals surface area contributed by atoms with Crippen molar-refractivity contribution in [2.75, 3.05) is 0 Å². The third kappa shape index (κ3) is 4.60. The first kappa shape index (κ1) is 19.9. The first-order chi connectivity index (χ1) is 14.5. The van der Waals surface area contributed by atoms with E-state index in [0.29, 0.717) is 42.5 Å². The van der Waals surface area contributed by atoms with Gasteiger partial charge in [0.25, 0.3) is 5.56 Å². The van der Waals surface area contributed by atoms with Crippen LogP contribution < -0.4 is 10.3 Å². The fourth-order valence-electron chi connectivity index (χ4n) is 3.29. The number of rotatable bonds is 6. The van der Waals surface area contributed by atoms with Gasteiger partial charge in [0.05, 0.1) is 16.9 Å². The van der Waals surface area contributed by atoms with Crippen LogP contribution in [0.2, 0.25) is 5.02 Å².